The van der Waals surface area contributed by atoms with Crippen LogP contribution in [0.1, 0.15) is 45.8 Å². The number of rotatable bonds is 13. The van der Waals surface area contributed by atoms with Crippen LogP contribution < -0.4 is 8.92 Å². The molecule has 40 heavy (non-hydrogen) atoms. The molecule has 3 atom stereocenters. The van der Waals surface area contributed by atoms with E-state index in [1.54, 1.807) is 43.6 Å². The summed E-state index contributed by atoms with van der Waals surface area (Å²) in [5.41, 5.74) is 2.05. The minimum absolute atomic E-state index is 0.183. The molecule has 0 spiro atoms. The normalized spacial score (nSPS) is 17.9. The second kappa shape index (κ2) is 12.8. The van der Waals surface area contributed by atoms with Crippen molar-refractivity contribution < 1.29 is 39.4 Å². The largest absolute Gasteiger partial charge is 0.489 e. The highest BCUT2D eigenvalue weighted by molar-refractivity contribution is 7.86. The molecule has 220 valence electrons. The minimum Gasteiger partial charge on any atom is -0.489 e. The molecule has 3 heterocycles. The number of aromatic nitrogens is 3. The summed E-state index contributed by atoms with van der Waals surface area (Å²) in [5, 5.41) is 5.54. The molecule has 0 N–H and O–H groups in total. The number of benzene rings is 1. The topological polar surface area (TPSA) is 145 Å². The lowest BCUT2D eigenvalue weighted by molar-refractivity contribution is -0.0365. The van der Waals surface area contributed by atoms with Crippen molar-refractivity contribution >= 4 is 31.1 Å². The van der Waals surface area contributed by atoms with Gasteiger partial charge in [0, 0.05) is 30.4 Å². The molecule has 0 saturated carbocycles. The van der Waals surface area contributed by atoms with Crippen LogP contribution in [0.2, 0.25) is 0 Å². The molecule has 3 aromatic rings. The average molecular weight is 598 g/mol. The summed E-state index contributed by atoms with van der Waals surface area (Å²) >= 11 is 0. The molecule has 0 amide bonds. The van der Waals surface area contributed by atoms with E-state index in [0.29, 0.717) is 42.0 Å². The quantitative estimate of drug-likeness (QED) is 0.266. The zero-order valence-electron chi connectivity index (χ0n) is 23.0. The maximum atomic E-state index is 11.7. The summed E-state index contributed by atoms with van der Waals surface area (Å²) in [7, 11) is -7.22. The van der Waals surface area contributed by atoms with Crippen molar-refractivity contribution in [1.82, 2.24) is 14.8 Å². The van der Waals surface area contributed by atoms with Crippen molar-refractivity contribution in [3.05, 3.63) is 36.7 Å². The fourth-order valence-electron chi connectivity index (χ4n) is 4.37. The predicted molar refractivity (Wildman–Crippen MR) is 148 cm³/mol. The van der Waals surface area contributed by atoms with E-state index in [4.69, 9.17) is 27.7 Å². The van der Waals surface area contributed by atoms with E-state index < -0.39 is 26.3 Å². The summed E-state index contributed by atoms with van der Waals surface area (Å²) < 4.78 is 75.4. The Kier molecular flexibility index (Phi) is 9.67. The van der Waals surface area contributed by atoms with Crippen LogP contribution in [0.5, 0.6) is 11.5 Å². The van der Waals surface area contributed by atoms with Crippen LogP contribution in [0.15, 0.2) is 36.7 Å². The SMILES string of the molecule is C[C@H](CCO[C@@H](C)COc1cncc(-c2nn([C@@H]3CCCCO3)c3ccc(OS(C)(=O)=O)cc23)c1)OS(C)(=O)=O. The molecular weight excluding hydrogens is 562 g/mol. The van der Waals surface area contributed by atoms with Crippen LogP contribution >= 0.6 is 0 Å². The van der Waals surface area contributed by atoms with Gasteiger partial charge in [0.2, 0.25) is 0 Å². The van der Waals surface area contributed by atoms with Gasteiger partial charge in [0.05, 0.1) is 36.4 Å². The van der Waals surface area contributed by atoms with E-state index >= 15 is 0 Å². The smallest absolute Gasteiger partial charge is 0.306 e. The molecule has 12 nitrogen and oxygen atoms in total. The first-order valence-electron chi connectivity index (χ1n) is 13.0. The van der Waals surface area contributed by atoms with E-state index in [1.165, 1.54) is 0 Å². The number of ether oxygens (including phenoxy) is 3. The summed E-state index contributed by atoms with van der Waals surface area (Å²) in [5.74, 6) is 0.685. The van der Waals surface area contributed by atoms with Crippen LogP contribution in [-0.2, 0) is 33.9 Å². The molecule has 2 aromatic heterocycles. The highest BCUT2D eigenvalue weighted by Crippen LogP contribution is 2.35. The summed E-state index contributed by atoms with van der Waals surface area (Å²) in [6, 6.07) is 6.83. The molecule has 1 aliphatic heterocycles. The molecule has 1 aliphatic rings. The van der Waals surface area contributed by atoms with Gasteiger partial charge in [-0.15, -0.1) is 0 Å². The van der Waals surface area contributed by atoms with Gasteiger partial charge in [-0.3, -0.25) is 9.17 Å². The maximum absolute atomic E-state index is 11.7. The number of fused-ring (bicyclic) bond motifs is 1. The summed E-state index contributed by atoms with van der Waals surface area (Å²) in [6.07, 6.45) is 7.51. The summed E-state index contributed by atoms with van der Waals surface area (Å²) in [4.78, 5) is 4.32. The zero-order chi connectivity index (χ0) is 28.9. The molecule has 1 fully saturated rings. The van der Waals surface area contributed by atoms with Crippen LogP contribution in [0.4, 0.5) is 0 Å². The highest BCUT2D eigenvalue weighted by atomic mass is 32.2. The lowest BCUT2D eigenvalue weighted by atomic mass is 10.1. The number of pyridine rings is 1. The molecule has 0 radical (unpaired) electrons. The molecule has 1 aromatic carbocycles. The van der Waals surface area contributed by atoms with Crippen LogP contribution in [0, 0.1) is 0 Å². The van der Waals surface area contributed by atoms with Gasteiger partial charge in [-0.1, -0.05) is 0 Å². The third kappa shape index (κ3) is 8.61. The molecule has 0 aliphatic carbocycles. The van der Waals surface area contributed by atoms with Gasteiger partial charge in [-0.05, 0) is 63.8 Å². The molecule has 0 unspecified atom stereocenters. The minimum atomic E-state index is -3.71. The second-order valence-corrected chi connectivity index (χ2v) is 13.1. The maximum Gasteiger partial charge on any atom is 0.306 e. The number of hydrogen-bond donors (Lipinski definition) is 0. The van der Waals surface area contributed by atoms with Crippen molar-refractivity contribution in [3.8, 4) is 22.8 Å². The Labute approximate surface area is 234 Å². The third-order valence-electron chi connectivity index (χ3n) is 6.09. The van der Waals surface area contributed by atoms with Crippen LogP contribution in [0.25, 0.3) is 22.2 Å². The number of hydrogen-bond acceptors (Lipinski definition) is 11. The summed E-state index contributed by atoms with van der Waals surface area (Å²) in [6.45, 7) is 4.71. The average Bonchev–Trinajstić information content (AvgIpc) is 3.25. The lowest BCUT2D eigenvalue weighted by Crippen LogP contribution is -2.22. The highest BCUT2D eigenvalue weighted by Gasteiger charge is 2.23. The van der Waals surface area contributed by atoms with Gasteiger partial charge < -0.3 is 18.4 Å². The standard InChI is InChI=1S/C26H35N3O9S2/c1-18(37-39(3,30)31)10-12-34-19(2)17-36-22-13-20(15-27-16-22)26-23-14-21(38-40(4,32)33)8-9-24(23)29(28-26)25-7-5-6-11-35-25/h8-9,13-16,18-19,25H,5-7,10-12,17H2,1-4H3/t18-,19+,25+/m1/s1. The van der Waals surface area contributed by atoms with Gasteiger partial charge in [-0.25, -0.2) is 4.68 Å². The van der Waals surface area contributed by atoms with Crippen molar-refractivity contribution in [3.63, 3.8) is 0 Å². The Morgan fingerprint density at radius 1 is 1.02 bits per heavy atom. The van der Waals surface area contributed by atoms with Crippen molar-refractivity contribution in [2.45, 2.75) is 58.0 Å². The Morgan fingerprint density at radius 2 is 1.82 bits per heavy atom. The molecule has 1 saturated heterocycles. The lowest BCUT2D eigenvalue weighted by Gasteiger charge is -2.23. The molecule has 14 heteroatoms. The van der Waals surface area contributed by atoms with Crippen LogP contribution in [-0.4, -0.2) is 76.1 Å². The van der Waals surface area contributed by atoms with E-state index in [1.807, 2.05) is 11.6 Å². The van der Waals surface area contributed by atoms with E-state index in [-0.39, 0.29) is 24.7 Å². The van der Waals surface area contributed by atoms with E-state index in [0.717, 1.165) is 37.3 Å². The van der Waals surface area contributed by atoms with E-state index in [2.05, 4.69) is 4.98 Å². The van der Waals surface area contributed by atoms with Crippen molar-refractivity contribution in [2.75, 3.05) is 32.3 Å². The van der Waals surface area contributed by atoms with Gasteiger partial charge in [0.15, 0.2) is 6.23 Å². The van der Waals surface area contributed by atoms with Gasteiger partial charge >= 0.3 is 10.1 Å². The first-order valence-corrected chi connectivity index (χ1v) is 16.6. The predicted octanol–water partition coefficient (Wildman–Crippen LogP) is 3.67. The Balaban J connectivity index is 1.50. The van der Waals surface area contributed by atoms with Crippen molar-refractivity contribution in [2.24, 2.45) is 0 Å². The number of nitrogens with zero attached hydrogens (tertiary/aromatic N) is 3. The van der Waals surface area contributed by atoms with E-state index in [9.17, 15) is 16.8 Å². The fourth-order valence-corrected chi connectivity index (χ4v) is 5.51. The molecular formula is C26H35N3O9S2. The first kappa shape index (κ1) is 30.2. The zero-order valence-corrected chi connectivity index (χ0v) is 24.6. The van der Waals surface area contributed by atoms with Gasteiger partial charge in [0.1, 0.15) is 23.8 Å². The molecule has 0 bridgehead atoms. The monoisotopic (exact) mass is 597 g/mol. The third-order valence-corrected chi connectivity index (χ3v) is 7.26. The van der Waals surface area contributed by atoms with Crippen LogP contribution in [0.3, 0.4) is 0 Å². The molecule has 4 rings (SSSR count). The Hall–Kier alpha value is -2.78. The first-order chi connectivity index (χ1) is 18.9. The van der Waals surface area contributed by atoms with Gasteiger partial charge in [-0.2, -0.15) is 21.9 Å². The second-order valence-electron chi connectivity index (χ2n) is 9.88. The Bertz CT molecular complexity index is 1520. The van der Waals surface area contributed by atoms with Gasteiger partial charge in [0.25, 0.3) is 10.1 Å². The van der Waals surface area contributed by atoms with Crippen molar-refractivity contribution in [1.29, 1.82) is 0 Å². The fraction of sp³-hybridized carbons (Fsp3) is 0.538. The Morgan fingerprint density at radius 3 is 2.52 bits per heavy atom.